The normalized spacial score (nSPS) is 23.5. The molecule has 1 aromatic carbocycles. The van der Waals surface area contributed by atoms with Gasteiger partial charge in [-0.2, -0.15) is 0 Å². The molecule has 33 heavy (non-hydrogen) atoms. The molecular formula is C28H43N4S+. The standard InChI is InChI=1S/C28H43N4S/c1-32(22-7-2-8-23-32)24-10-16-30-20-18-29(19-21-30)15-9-17-31-25-11-3-5-13-27(25)33-28-14-6-4-12-26(28)31/h3,5,11-14H,2,4,6-10,15-24H2,1H3/q+1. The molecule has 0 atom stereocenters. The predicted octanol–water partition coefficient (Wildman–Crippen LogP) is 5.19. The van der Waals surface area contributed by atoms with Crippen molar-refractivity contribution in [2.24, 2.45) is 0 Å². The molecule has 4 nitrogen and oxygen atoms in total. The van der Waals surface area contributed by atoms with E-state index in [0.29, 0.717) is 0 Å². The van der Waals surface area contributed by atoms with Crippen molar-refractivity contribution in [1.29, 1.82) is 0 Å². The first-order valence-corrected chi connectivity index (χ1v) is 14.3. The molecule has 3 aliphatic heterocycles. The lowest BCUT2D eigenvalue weighted by Gasteiger charge is -2.39. The highest BCUT2D eigenvalue weighted by molar-refractivity contribution is 8.03. The van der Waals surface area contributed by atoms with Crippen molar-refractivity contribution in [2.45, 2.75) is 49.8 Å². The van der Waals surface area contributed by atoms with Gasteiger partial charge >= 0.3 is 0 Å². The Morgan fingerprint density at radius 1 is 0.818 bits per heavy atom. The van der Waals surface area contributed by atoms with Gasteiger partial charge in [0.15, 0.2) is 0 Å². The zero-order valence-corrected chi connectivity index (χ0v) is 21.5. The summed E-state index contributed by atoms with van der Waals surface area (Å²) in [7, 11) is 2.48. The third-order valence-electron chi connectivity index (χ3n) is 8.14. The van der Waals surface area contributed by atoms with E-state index >= 15 is 0 Å². The molecule has 3 heterocycles. The molecule has 1 aliphatic carbocycles. The maximum Gasteiger partial charge on any atom is 0.0796 e. The molecule has 5 rings (SSSR count). The molecular weight excluding hydrogens is 424 g/mol. The van der Waals surface area contributed by atoms with Crippen molar-refractivity contribution >= 4 is 17.4 Å². The number of quaternary nitrogens is 1. The second kappa shape index (κ2) is 11.0. The number of thioether (sulfide) groups is 1. The monoisotopic (exact) mass is 467 g/mol. The first-order chi connectivity index (χ1) is 16.2. The van der Waals surface area contributed by atoms with Crippen molar-refractivity contribution in [3.05, 3.63) is 47.0 Å². The van der Waals surface area contributed by atoms with E-state index in [1.54, 1.807) is 0 Å². The summed E-state index contributed by atoms with van der Waals surface area (Å²) in [6.07, 6.45) is 14.2. The van der Waals surface area contributed by atoms with Crippen molar-refractivity contribution in [3.63, 3.8) is 0 Å². The summed E-state index contributed by atoms with van der Waals surface area (Å²) in [5.41, 5.74) is 2.86. The van der Waals surface area contributed by atoms with Crippen molar-refractivity contribution in [2.75, 3.05) is 77.4 Å². The minimum atomic E-state index is 1.12. The van der Waals surface area contributed by atoms with E-state index in [2.05, 4.69) is 58.2 Å². The summed E-state index contributed by atoms with van der Waals surface area (Å²) < 4.78 is 1.32. The van der Waals surface area contributed by atoms with Crippen LogP contribution in [0.15, 0.2) is 51.9 Å². The molecule has 4 aliphatic rings. The summed E-state index contributed by atoms with van der Waals surface area (Å²) in [5, 5.41) is 0. The third kappa shape index (κ3) is 5.87. The lowest BCUT2D eigenvalue weighted by Crippen LogP contribution is -2.50. The number of rotatable bonds is 8. The van der Waals surface area contributed by atoms with Crippen molar-refractivity contribution < 1.29 is 4.48 Å². The molecule has 1 aromatic rings. The quantitative estimate of drug-likeness (QED) is 0.487. The van der Waals surface area contributed by atoms with E-state index in [1.807, 2.05) is 11.8 Å². The maximum absolute atomic E-state index is 2.72. The number of piperidine rings is 1. The van der Waals surface area contributed by atoms with Gasteiger partial charge in [-0.1, -0.05) is 36.0 Å². The first-order valence-electron chi connectivity index (χ1n) is 13.4. The highest BCUT2D eigenvalue weighted by Gasteiger charge is 2.27. The van der Waals surface area contributed by atoms with Crippen LogP contribution in [0.5, 0.6) is 0 Å². The fourth-order valence-electron chi connectivity index (χ4n) is 6.10. The molecule has 0 spiro atoms. The van der Waals surface area contributed by atoms with Crippen LogP contribution >= 0.6 is 11.8 Å². The number of hydrogen-bond donors (Lipinski definition) is 0. The molecule has 0 bridgehead atoms. The van der Waals surface area contributed by atoms with Crippen LogP contribution < -0.4 is 4.90 Å². The minimum Gasteiger partial charge on any atom is -0.340 e. The van der Waals surface area contributed by atoms with Crippen LogP contribution in [0.2, 0.25) is 0 Å². The molecule has 0 unspecified atom stereocenters. The van der Waals surface area contributed by atoms with Crippen LogP contribution in [0.3, 0.4) is 0 Å². The molecule has 2 saturated heterocycles. The predicted molar refractivity (Wildman–Crippen MR) is 142 cm³/mol. The molecule has 0 amide bonds. The van der Waals surface area contributed by atoms with Gasteiger partial charge in [-0.15, -0.1) is 0 Å². The van der Waals surface area contributed by atoms with Crippen LogP contribution in [0.25, 0.3) is 0 Å². The number of benzene rings is 1. The molecule has 0 saturated carbocycles. The smallest absolute Gasteiger partial charge is 0.0796 e. The molecule has 0 N–H and O–H groups in total. The zero-order valence-electron chi connectivity index (χ0n) is 20.7. The van der Waals surface area contributed by atoms with E-state index in [0.717, 1.165) is 6.54 Å². The number of hydrogen-bond acceptors (Lipinski definition) is 4. The Balaban J connectivity index is 1.05. The molecule has 180 valence electrons. The number of likely N-dealkylation sites (tertiary alicyclic amines) is 1. The number of allylic oxidation sites excluding steroid dienone is 2. The van der Waals surface area contributed by atoms with Crippen LogP contribution in [0, 0.1) is 0 Å². The van der Waals surface area contributed by atoms with E-state index < -0.39 is 0 Å². The fraction of sp³-hybridized carbons (Fsp3) is 0.643. The Morgan fingerprint density at radius 2 is 1.52 bits per heavy atom. The summed E-state index contributed by atoms with van der Waals surface area (Å²) in [6.45, 7) is 12.8. The van der Waals surface area contributed by atoms with Crippen molar-refractivity contribution in [1.82, 2.24) is 9.80 Å². The largest absolute Gasteiger partial charge is 0.340 e. The molecule has 0 aromatic heterocycles. The Hall–Kier alpha value is -1.27. The Bertz CT molecular complexity index is 849. The van der Waals surface area contributed by atoms with Gasteiger partial charge in [0.2, 0.25) is 0 Å². The van der Waals surface area contributed by atoms with Gasteiger partial charge in [0, 0.05) is 55.5 Å². The van der Waals surface area contributed by atoms with E-state index in [4.69, 9.17) is 0 Å². The van der Waals surface area contributed by atoms with Crippen LogP contribution in [0.1, 0.15) is 44.9 Å². The molecule has 5 heteroatoms. The summed E-state index contributed by atoms with van der Waals surface area (Å²) >= 11 is 1.96. The number of para-hydroxylation sites is 1. The number of fused-ring (bicyclic) bond motifs is 2. The van der Waals surface area contributed by atoms with Gasteiger partial charge in [-0.3, -0.25) is 0 Å². The van der Waals surface area contributed by atoms with E-state index in [9.17, 15) is 0 Å². The zero-order chi connectivity index (χ0) is 22.5. The van der Waals surface area contributed by atoms with E-state index in [1.165, 1.54) is 130 Å². The second-order valence-electron chi connectivity index (χ2n) is 10.7. The molecule has 0 radical (unpaired) electrons. The maximum atomic E-state index is 2.72. The topological polar surface area (TPSA) is 9.72 Å². The highest BCUT2D eigenvalue weighted by Crippen LogP contribution is 2.47. The summed E-state index contributed by atoms with van der Waals surface area (Å²) in [5.74, 6) is 0. The average Bonchev–Trinajstić information content (AvgIpc) is 2.85. The second-order valence-corrected chi connectivity index (χ2v) is 11.8. The number of anilines is 1. The number of piperazine rings is 1. The summed E-state index contributed by atoms with van der Waals surface area (Å²) in [6, 6.07) is 8.96. The Kier molecular flexibility index (Phi) is 7.81. The third-order valence-corrected chi connectivity index (χ3v) is 9.30. The van der Waals surface area contributed by atoms with E-state index in [-0.39, 0.29) is 0 Å². The van der Waals surface area contributed by atoms with Gasteiger partial charge in [0.25, 0.3) is 0 Å². The number of nitrogens with zero attached hydrogens (tertiary/aromatic N) is 4. The van der Waals surface area contributed by atoms with Gasteiger partial charge < -0.3 is 19.2 Å². The first kappa shape index (κ1) is 23.5. The Morgan fingerprint density at radius 3 is 2.30 bits per heavy atom. The van der Waals surface area contributed by atoms with Gasteiger partial charge in [-0.25, -0.2) is 0 Å². The minimum absolute atomic E-state index is 1.12. The molecule has 2 fully saturated rings. The fourth-order valence-corrected chi connectivity index (χ4v) is 7.26. The Labute approximate surface area is 205 Å². The van der Waals surface area contributed by atoms with Crippen LogP contribution in [-0.2, 0) is 0 Å². The van der Waals surface area contributed by atoms with Gasteiger partial charge in [-0.05, 0) is 57.2 Å². The average molecular weight is 468 g/mol. The van der Waals surface area contributed by atoms with Crippen LogP contribution in [0.4, 0.5) is 5.69 Å². The lowest BCUT2D eigenvalue weighted by molar-refractivity contribution is -0.914. The van der Waals surface area contributed by atoms with Gasteiger partial charge in [0.05, 0.1) is 38.1 Å². The summed E-state index contributed by atoms with van der Waals surface area (Å²) in [4.78, 5) is 10.9. The SMILES string of the molecule is C[N+]1(CCCN2CCN(CCCN3C4=CCCC=C4Sc4ccccc43)CC2)CCCCC1. The van der Waals surface area contributed by atoms with Crippen molar-refractivity contribution in [3.8, 4) is 0 Å². The highest BCUT2D eigenvalue weighted by atomic mass is 32.2. The van der Waals surface area contributed by atoms with Gasteiger partial charge in [0.1, 0.15) is 0 Å². The lowest BCUT2D eigenvalue weighted by atomic mass is 10.1. The van der Waals surface area contributed by atoms with Crippen LogP contribution in [-0.4, -0.2) is 86.8 Å².